The average Bonchev–Trinajstić information content (AvgIpc) is 2.77. The van der Waals surface area contributed by atoms with Gasteiger partial charge in [-0.15, -0.1) is 0 Å². The van der Waals surface area contributed by atoms with Gasteiger partial charge in [-0.1, -0.05) is 0 Å². The Hall–Kier alpha value is -1.84. The predicted molar refractivity (Wildman–Crippen MR) is 60.4 cm³/mol. The van der Waals surface area contributed by atoms with Crippen molar-refractivity contribution in [2.24, 2.45) is 0 Å². The van der Waals surface area contributed by atoms with Gasteiger partial charge >= 0.3 is 0 Å². The summed E-state index contributed by atoms with van der Waals surface area (Å²) in [4.78, 5) is 4.51. The maximum Gasteiger partial charge on any atom is 0.213 e. The number of pyridine rings is 1. The van der Waals surface area contributed by atoms with Gasteiger partial charge in [0.15, 0.2) is 0 Å². The van der Waals surface area contributed by atoms with Crippen LogP contribution in [0.2, 0.25) is 0 Å². The normalized spacial score (nSPS) is 13.1. The number of aromatic amines is 1. The van der Waals surface area contributed by atoms with Crippen LogP contribution in [-0.2, 0) is 12.8 Å². The highest BCUT2D eigenvalue weighted by Crippen LogP contribution is 2.31. The average molecular weight is 215 g/mol. The zero-order valence-corrected chi connectivity index (χ0v) is 9.16. The third-order valence-electron chi connectivity index (χ3n) is 2.86. The third kappa shape index (κ3) is 1.38. The van der Waals surface area contributed by atoms with E-state index in [2.05, 4.69) is 21.2 Å². The fraction of sp³-hybridized carbons (Fsp3) is 0.333. The minimum Gasteiger partial charge on any atom is -0.478 e. The van der Waals surface area contributed by atoms with E-state index in [1.54, 1.807) is 0 Å². The lowest BCUT2D eigenvalue weighted by atomic mass is 9.94. The number of hydrogen-bond donors (Lipinski definition) is 1. The van der Waals surface area contributed by atoms with Gasteiger partial charge in [-0.05, 0) is 31.4 Å². The number of hydrogen-bond acceptors (Lipinski definition) is 3. The number of nitrogens with zero attached hydrogens (tertiary/aromatic N) is 2. The van der Waals surface area contributed by atoms with Crippen molar-refractivity contribution >= 4 is 0 Å². The minimum atomic E-state index is 0.654. The first kappa shape index (κ1) is 9.39. The van der Waals surface area contributed by atoms with E-state index >= 15 is 0 Å². The molecule has 0 bridgehead atoms. The molecule has 1 aliphatic carbocycles. The molecule has 1 N–H and O–H groups in total. The number of rotatable bonds is 2. The monoisotopic (exact) mass is 215 g/mol. The van der Waals surface area contributed by atoms with Gasteiger partial charge in [0.1, 0.15) is 0 Å². The number of nitrogens with one attached hydrogen (secondary N) is 1. The molecule has 0 amide bonds. The molecule has 82 valence electrons. The Kier molecular flexibility index (Phi) is 2.13. The van der Waals surface area contributed by atoms with Crippen LogP contribution in [0.5, 0.6) is 5.88 Å². The number of aryl methyl sites for hydroxylation is 2. The molecule has 16 heavy (non-hydrogen) atoms. The number of aromatic nitrogens is 3. The van der Waals surface area contributed by atoms with E-state index in [0.717, 1.165) is 29.8 Å². The second kappa shape index (κ2) is 3.63. The number of fused-ring (bicyclic) bond motifs is 3. The minimum absolute atomic E-state index is 0.654. The predicted octanol–water partition coefficient (Wildman–Crippen LogP) is 1.97. The number of H-pyrrole nitrogens is 1. The van der Waals surface area contributed by atoms with Crippen LogP contribution in [0.4, 0.5) is 0 Å². The highest BCUT2D eigenvalue weighted by Gasteiger charge is 2.19. The maximum atomic E-state index is 5.40. The Bertz CT molecular complexity index is 519. The highest BCUT2D eigenvalue weighted by atomic mass is 16.5. The van der Waals surface area contributed by atoms with Crippen molar-refractivity contribution in [1.29, 1.82) is 0 Å². The summed E-state index contributed by atoms with van der Waals surface area (Å²) in [6.45, 7) is 2.62. The molecule has 0 aromatic carbocycles. The zero-order valence-electron chi connectivity index (χ0n) is 9.16. The van der Waals surface area contributed by atoms with Crippen LogP contribution in [0.3, 0.4) is 0 Å². The van der Waals surface area contributed by atoms with Gasteiger partial charge in [-0.3, -0.25) is 5.10 Å². The molecule has 0 aliphatic heterocycles. The van der Waals surface area contributed by atoms with E-state index in [0.29, 0.717) is 12.5 Å². The van der Waals surface area contributed by atoms with Crippen molar-refractivity contribution in [2.75, 3.05) is 6.61 Å². The van der Waals surface area contributed by atoms with Crippen molar-refractivity contribution in [3.8, 4) is 17.1 Å². The molecule has 4 nitrogen and oxygen atoms in total. The topological polar surface area (TPSA) is 50.8 Å². The summed E-state index contributed by atoms with van der Waals surface area (Å²) in [7, 11) is 0. The molecule has 1 aliphatic rings. The molecular formula is C12H13N3O. The Morgan fingerprint density at radius 3 is 3.19 bits per heavy atom. The van der Waals surface area contributed by atoms with Crippen molar-refractivity contribution < 1.29 is 4.74 Å². The summed E-state index contributed by atoms with van der Waals surface area (Å²) in [5.41, 5.74) is 4.64. The van der Waals surface area contributed by atoms with E-state index in [4.69, 9.17) is 4.74 Å². The summed E-state index contributed by atoms with van der Waals surface area (Å²) >= 11 is 0. The Balaban J connectivity index is 2.07. The summed E-state index contributed by atoms with van der Waals surface area (Å²) in [5.74, 6) is 0.712. The van der Waals surface area contributed by atoms with Crippen LogP contribution in [0.1, 0.15) is 18.2 Å². The molecular weight excluding hydrogens is 202 g/mol. The van der Waals surface area contributed by atoms with E-state index in [-0.39, 0.29) is 0 Å². The lowest BCUT2D eigenvalue weighted by molar-refractivity contribution is 0.326. The lowest BCUT2D eigenvalue weighted by Gasteiger charge is -2.15. The van der Waals surface area contributed by atoms with Crippen molar-refractivity contribution in [3.63, 3.8) is 0 Å². The standard InChI is InChI=1S/C12H13N3O/c1-2-16-11-6-4-9-10(14-11)5-3-8-7-13-15-12(8)9/h4,6-7H,2-3,5H2,1H3,(H,13,15). The van der Waals surface area contributed by atoms with E-state index in [1.807, 2.05) is 19.2 Å². The molecule has 2 aromatic heterocycles. The second-order valence-electron chi connectivity index (χ2n) is 3.85. The van der Waals surface area contributed by atoms with Gasteiger partial charge in [0, 0.05) is 11.6 Å². The van der Waals surface area contributed by atoms with Gasteiger partial charge in [0.05, 0.1) is 24.2 Å². The van der Waals surface area contributed by atoms with Crippen LogP contribution in [-0.4, -0.2) is 21.8 Å². The van der Waals surface area contributed by atoms with Crippen LogP contribution in [0.15, 0.2) is 18.3 Å². The van der Waals surface area contributed by atoms with Crippen molar-refractivity contribution in [3.05, 3.63) is 29.6 Å². The van der Waals surface area contributed by atoms with E-state index in [1.165, 1.54) is 5.56 Å². The Labute approximate surface area is 93.7 Å². The lowest BCUT2D eigenvalue weighted by Crippen LogP contribution is -2.06. The van der Waals surface area contributed by atoms with Gasteiger partial charge in [0.2, 0.25) is 5.88 Å². The van der Waals surface area contributed by atoms with Crippen molar-refractivity contribution in [2.45, 2.75) is 19.8 Å². The van der Waals surface area contributed by atoms with E-state index < -0.39 is 0 Å². The molecule has 0 saturated carbocycles. The van der Waals surface area contributed by atoms with Gasteiger partial charge in [-0.2, -0.15) is 5.10 Å². The first-order valence-electron chi connectivity index (χ1n) is 5.54. The second-order valence-corrected chi connectivity index (χ2v) is 3.85. The third-order valence-corrected chi connectivity index (χ3v) is 2.86. The molecule has 3 rings (SSSR count). The van der Waals surface area contributed by atoms with Crippen LogP contribution in [0.25, 0.3) is 11.3 Å². The van der Waals surface area contributed by atoms with E-state index in [9.17, 15) is 0 Å². The van der Waals surface area contributed by atoms with Gasteiger partial charge in [-0.25, -0.2) is 4.98 Å². The molecule has 0 saturated heterocycles. The molecule has 2 heterocycles. The van der Waals surface area contributed by atoms with Gasteiger partial charge in [0.25, 0.3) is 0 Å². The largest absolute Gasteiger partial charge is 0.478 e. The Morgan fingerprint density at radius 2 is 2.31 bits per heavy atom. The molecule has 0 radical (unpaired) electrons. The summed E-state index contributed by atoms with van der Waals surface area (Å²) in [6.07, 6.45) is 3.86. The van der Waals surface area contributed by atoms with Crippen molar-refractivity contribution in [1.82, 2.24) is 15.2 Å². The molecule has 2 aromatic rings. The first-order valence-corrected chi connectivity index (χ1v) is 5.54. The fourth-order valence-electron chi connectivity index (χ4n) is 2.11. The smallest absolute Gasteiger partial charge is 0.213 e. The number of ether oxygens (including phenoxy) is 1. The maximum absolute atomic E-state index is 5.40. The summed E-state index contributed by atoms with van der Waals surface area (Å²) < 4.78 is 5.40. The first-order chi connectivity index (χ1) is 7.88. The van der Waals surface area contributed by atoms with Crippen LogP contribution in [0, 0.1) is 0 Å². The SMILES string of the molecule is CCOc1ccc2c(n1)CCc1cn[nH]c1-2. The highest BCUT2D eigenvalue weighted by molar-refractivity contribution is 5.67. The molecule has 0 fully saturated rings. The van der Waals surface area contributed by atoms with Gasteiger partial charge < -0.3 is 4.74 Å². The summed E-state index contributed by atoms with van der Waals surface area (Å²) in [5, 5.41) is 7.11. The molecule has 0 unspecified atom stereocenters. The zero-order chi connectivity index (χ0) is 11.0. The fourth-order valence-corrected chi connectivity index (χ4v) is 2.11. The quantitative estimate of drug-likeness (QED) is 0.833. The Morgan fingerprint density at radius 1 is 1.38 bits per heavy atom. The van der Waals surface area contributed by atoms with Crippen LogP contribution >= 0.6 is 0 Å². The van der Waals surface area contributed by atoms with Crippen LogP contribution < -0.4 is 4.74 Å². The molecule has 4 heteroatoms. The molecule has 0 spiro atoms. The molecule has 0 atom stereocenters. The summed E-state index contributed by atoms with van der Waals surface area (Å²) in [6, 6.07) is 3.97.